The van der Waals surface area contributed by atoms with Gasteiger partial charge in [0.2, 0.25) is 5.89 Å². The van der Waals surface area contributed by atoms with Gasteiger partial charge in [-0.1, -0.05) is 5.10 Å². The van der Waals surface area contributed by atoms with E-state index in [1.54, 1.807) is 0 Å². The standard InChI is InChI=1S/C9H14ClN3O2/c1-6-5-14-4-3-13(6)9-12-11-8(15-9)7(2)10/h6-7H,3-5H2,1-2H3. The van der Waals surface area contributed by atoms with Crippen molar-refractivity contribution in [3.8, 4) is 0 Å². The summed E-state index contributed by atoms with van der Waals surface area (Å²) in [5, 5.41) is 7.63. The van der Waals surface area contributed by atoms with Crippen LogP contribution in [-0.4, -0.2) is 36.0 Å². The smallest absolute Gasteiger partial charge is 0.318 e. The van der Waals surface area contributed by atoms with Gasteiger partial charge in [0.25, 0.3) is 0 Å². The maximum Gasteiger partial charge on any atom is 0.318 e. The Morgan fingerprint density at radius 3 is 2.93 bits per heavy atom. The van der Waals surface area contributed by atoms with Gasteiger partial charge in [-0.25, -0.2) is 0 Å². The van der Waals surface area contributed by atoms with E-state index in [-0.39, 0.29) is 11.4 Å². The summed E-state index contributed by atoms with van der Waals surface area (Å²) in [5.74, 6) is 0.463. The fraction of sp³-hybridized carbons (Fsp3) is 0.778. The fourth-order valence-corrected chi connectivity index (χ4v) is 1.60. The van der Waals surface area contributed by atoms with E-state index in [2.05, 4.69) is 17.1 Å². The van der Waals surface area contributed by atoms with Gasteiger partial charge in [-0.05, 0) is 13.8 Å². The molecule has 2 rings (SSSR count). The molecule has 15 heavy (non-hydrogen) atoms. The summed E-state index contributed by atoms with van der Waals surface area (Å²) in [6.07, 6.45) is 0. The van der Waals surface area contributed by atoms with Crippen molar-refractivity contribution in [3.63, 3.8) is 0 Å². The first-order chi connectivity index (χ1) is 7.18. The number of aromatic nitrogens is 2. The first-order valence-electron chi connectivity index (χ1n) is 5.00. The van der Waals surface area contributed by atoms with E-state index >= 15 is 0 Å². The Morgan fingerprint density at radius 1 is 1.53 bits per heavy atom. The molecule has 0 radical (unpaired) electrons. The molecule has 0 bridgehead atoms. The maximum atomic E-state index is 5.85. The molecule has 1 fully saturated rings. The van der Waals surface area contributed by atoms with Crippen LogP contribution in [0.15, 0.2) is 4.42 Å². The molecule has 1 aromatic rings. The summed E-state index contributed by atoms with van der Waals surface area (Å²) < 4.78 is 10.8. The number of ether oxygens (including phenoxy) is 1. The molecule has 2 heterocycles. The van der Waals surface area contributed by atoms with Gasteiger partial charge in [0.1, 0.15) is 5.38 Å². The first-order valence-corrected chi connectivity index (χ1v) is 5.44. The third-order valence-electron chi connectivity index (χ3n) is 2.38. The topological polar surface area (TPSA) is 51.4 Å². The molecule has 1 saturated heterocycles. The molecule has 2 atom stereocenters. The fourth-order valence-electron chi connectivity index (χ4n) is 1.51. The SMILES string of the molecule is CC(Cl)c1nnc(N2CCOCC2C)o1. The zero-order chi connectivity index (χ0) is 10.8. The molecule has 2 unspecified atom stereocenters. The van der Waals surface area contributed by atoms with Crippen LogP contribution in [0.4, 0.5) is 6.01 Å². The van der Waals surface area contributed by atoms with Crippen LogP contribution in [0.3, 0.4) is 0 Å². The van der Waals surface area contributed by atoms with Gasteiger partial charge in [-0.3, -0.25) is 0 Å². The highest BCUT2D eigenvalue weighted by atomic mass is 35.5. The normalized spacial score (nSPS) is 24.2. The first kappa shape index (κ1) is 10.7. The molecular weight excluding hydrogens is 218 g/mol. The quantitative estimate of drug-likeness (QED) is 0.724. The molecular formula is C9H14ClN3O2. The summed E-state index contributed by atoms with van der Waals surface area (Å²) in [6, 6.07) is 0.797. The lowest BCUT2D eigenvalue weighted by Gasteiger charge is -2.31. The lowest BCUT2D eigenvalue weighted by molar-refractivity contribution is 0.0960. The van der Waals surface area contributed by atoms with Crippen LogP contribution < -0.4 is 4.90 Å². The van der Waals surface area contributed by atoms with Crippen molar-refractivity contribution < 1.29 is 9.15 Å². The number of morpholine rings is 1. The average molecular weight is 232 g/mol. The molecule has 0 amide bonds. The lowest BCUT2D eigenvalue weighted by atomic mass is 10.3. The molecule has 1 aliphatic rings. The van der Waals surface area contributed by atoms with Gasteiger partial charge in [0.15, 0.2) is 0 Å². The summed E-state index contributed by atoms with van der Waals surface area (Å²) in [5.41, 5.74) is 0. The molecule has 0 aromatic carbocycles. The predicted octanol–water partition coefficient (Wildman–Crippen LogP) is 1.59. The highest BCUT2D eigenvalue weighted by molar-refractivity contribution is 6.20. The number of rotatable bonds is 2. The van der Waals surface area contributed by atoms with Crippen molar-refractivity contribution in [3.05, 3.63) is 5.89 Å². The minimum Gasteiger partial charge on any atom is -0.406 e. The van der Waals surface area contributed by atoms with E-state index in [1.807, 2.05) is 11.8 Å². The van der Waals surface area contributed by atoms with Crippen LogP contribution >= 0.6 is 11.6 Å². The van der Waals surface area contributed by atoms with Crippen LogP contribution in [0, 0.1) is 0 Å². The van der Waals surface area contributed by atoms with Crippen LogP contribution in [-0.2, 0) is 4.74 Å². The van der Waals surface area contributed by atoms with E-state index in [4.69, 9.17) is 20.8 Å². The number of hydrogen-bond donors (Lipinski definition) is 0. The molecule has 0 aliphatic carbocycles. The van der Waals surface area contributed by atoms with Crippen molar-refractivity contribution in [2.24, 2.45) is 0 Å². The Kier molecular flexibility index (Phi) is 3.11. The Balaban J connectivity index is 2.13. The van der Waals surface area contributed by atoms with Crippen LogP contribution in [0.25, 0.3) is 0 Å². The Morgan fingerprint density at radius 2 is 2.33 bits per heavy atom. The van der Waals surface area contributed by atoms with E-state index in [1.165, 1.54) is 0 Å². The van der Waals surface area contributed by atoms with E-state index in [0.717, 1.165) is 6.54 Å². The summed E-state index contributed by atoms with van der Waals surface area (Å²) in [4.78, 5) is 2.04. The zero-order valence-electron chi connectivity index (χ0n) is 8.81. The third kappa shape index (κ3) is 2.23. The van der Waals surface area contributed by atoms with Gasteiger partial charge in [-0.2, -0.15) is 0 Å². The summed E-state index contributed by atoms with van der Waals surface area (Å²) >= 11 is 5.85. The highest BCUT2D eigenvalue weighted by Crippen LogP contribution is 2.23. The number of alkyl halides is 1. The average Bonchev–Trinajstić information content (AvgIpc) is 2.67. The second-order valence-electron chi connectivity index (χ2n) is 3.66. The van der Waals surface area contributed by atoms with E-state index in [9.17, 15) is 0 Å². The predicted molar refractivity (Wildman–Crippen MR) is 56.2 cm³/mol. The Bertz CT molecular complexity index is 329. The summed E-state index contributed by atoms with van der Waals surface area (Å²) in [7, 11) is 0. The second-order valence-corrected chi connectivity index (χ2v) is 4.31. The molecule has 0 spiro atoms. The van der Waals surface area contributed by atoms with Crippen molar-refractivity contribution in [1.82, 2.24) is 10.2 Å². The van der Waals surface area contributed by atoms with Crippen LogP contribution in [0.5, 0.6) is 0 Å². The van der Waals surface area contributed by atoms with Gasteiger partial charge < -0.3 is 14.1 Å². The minimum absolute atomic E-state index is 0.248. The van der Waals surface area contributed by atoms with Gasteiger partial charge in [0.05, 0.1) is 19.3 Å². The lowest BCUT2D eigenvalue weighted by Crippen LogP contribution is -2.43. The van der Waals surface area contributed by atoms with Crippen LogP contribution in [0.2, 0.25) is 0 Å². The maximum absolute atomic E-state index is 5.85. The van der Waals surface area contributed by atoms with Gasteiger partial charge >= 0.3 is 6.01 Å². The summed E-state index contributed by atoms with van der Waals surface area (Å²) in [6.45, 7) is 6.03. The van der Waals surface area contributed by atoms with E-state index in [0.29, 0.717) is 25.1 Å². The molecule has 1 aliphatic heterocycles. The largest absolute Gasteiger partial charge is 0.406 e. The van der Waals surface area contributed by atoms with Crippen molar-refractivity contribution >= 4 is 17.6 Å². The van der Waals surface area contributed by atoms with Crippen molar-refractivity contribution in [1.29, 1.82) is 0 Å². The highest BCUT2D eigenvalue weighted by Gasteiger charge is 2.24. The number of hydrogen-bond acceptors (Lipinski definition) is 5. The number of halogens is 1. The van der Waals surface area contributed by atoms with Crippen molar-refractivity contribution in [2.75, 3.05) is 24.7 Å². The Labute approximate surface area is 93.4 Å². The minimum atomic E-state index is -0.248. The Hall–Kier alpha value is -0.810. The number of anilines is 1. The monoisotopic (exact) mass is 231 g/mol. The third-order valence-corrected chi connectivity index (χ3v) is 2.57. The molecule has 6 heteroatoms. The van der Waals surface area contributed by atoms with Gasteiger partial charge in [0, 0.05) is 6.54 Å². The number of nitrogens with zero attached hydrogens (tertiary/aromatic N) is 3. The molecule has 0 saturated carbocycles. The zero-order valence-corrected chi connectivity index (χ0v) is 9.57. The van der Waals surface area contributed by atoms with Gasteiger partial charge in [-0.15, -0.1) is 16.7 Å². The van der Waals surface area contributed by atoms with Crippen LogP contribution in [0.1, 0.15) is 25.1 Å². The molecule has 5 nitrogen and oxygen atoms in total. The second kappa shape index (κ2) is 4.37. The molecule has 1 aromatic heterocycles. The van der Waals surface area contributed by atoms with Crippen molar-refractivity contribution in [2.45, 2.75) is 25.3 Å². The molecule has 84 valence electrons. The van der Waals surface area contributed by atoms with E-state index < -0.39 is 0 Å². The molecule has 0 N–H and O–H groups in total.